The Balaban J connectivity index is 1.95. The standard InChI is InChI=1S/C26H27NO/c1-25(2,3)26(28,21-14-8-5-9-15-21)23-19-27(18-20-12-6-4-7-13-20)24-17-11-10-16-22(23)24/h4-17,19,28H,18H2,1-3H3. The minimum Gasteiger partial charge on any atom is -0.380 e. The number of benzene rings is 3. The van der Waals surface area contributed by atoms with Gasteiger partial charge in [-0.15, -0.1) is 0 Å². The summed E-state index contributed by atoms with van der Waals surface area (Å²) in [7, 11) is 0. The molecule has 1 heterocycles. The van der Waals surface area contributed by atoms with Crippen LogP contribution in [0.1, 0.15) is 37.5 Å². The van der Waals surface area contributed by atoms with Gasteiger partial charge >= 0.3 is 0 Å². The number of aliphatic hydroxyl groups is 1. The van der Waals surface area contributed by atoms with Crippen LogP contribution in [0.15, 0.2) is 91.1 Å². The summed E-state index contributed by atoms with van der Waals surface area (Å²) < 4.78 is 2.25. The maximum atomic E-state index is 12.2. The number of hydrogen-bond acceptors (Lipinski definition) is 1. The molecule has 0 amide bonds. The first-order valence-corrected chi connectivity index (χ1v) is 9.81. The van der Waals surface area contributed by atoms with Crippen molar-refractivity contribution in [1.82, 2.24) is 4.57 Å². The van der Waals surface area contributed by atoms with Gasteiger partial charge in [0.1, 0.15) is 5.60 Å². The Morgan fingerprint density at radius 2 is 1.32 bits per heavy atom. The molecule has 28 heavy (non-hydrogen) atoms. The van der Waals surface area contributed by atoms with Gasteiger partial charge in [0.15, 0.2) is 0 Å². The van der Waals surface area contributed by atoms with Crippen LogP contribution < -0.4 is 0 Å². The van der Waals surface area contributed by atoms with Gasteiger partial charge < -0.3 is 9.67 Å². The molecule has 4 rings (SSSR count). The number of fused-ring (bicyclic) bond motifs is 1. The monoisotopic (exact) mass is 369 g/mol. The van der Waals surface area contributed by atoms with E-state index < -0.39 is 5.60 Å². The summed E-state index contributed by atoms with van der Waals surface area (Å²) in [6.45, 7) is 7.08. The first-order valence-electron chi connectivity index (χ1n) is 9.81. The lowest BCUT2D eigenvalue weighted by molar-refractivity contribution is -0.0247. The minimum absolute atomic E-state index is 0.379. The fourth-order valence-electron chi connectivity index (χ4n) is 4.12. The Labute approximate surface area is 167 Å². The average molecular weight is 370 g/mol. The van der Waals surface area contributed by atoms with E-state index in [0.29, 0.717) is 0 Å². The molecule has 142 valence electrons. The highest BCUT2D eigenvalue weighted by Crippen LogP contribution is 2.47. The molecule has 1 aromatic heterocycles. The zero-order valence-corrected chi connectivity index (χ0v) is 16.8. The number of aromatic nitrogens is 1. The average Bonchev–Trinajstić information content (AvgIpc) is 3.07. The fourth-order valence-corrected chi connectivity index (χ4v) is 4.12. The quantitative estimate of drug-likeness (QED) is 0.471. The Hall–Kier alpha value is -2.84. The first-order chi connectivity index (χ1) is 13.4. The highest BCUT2D eigenvalue weighted by molar-refractivity contribution is 5.85. The van der Waals surface area contributed by atoms with Crippen LogP contribution in [0.2, 0.25) is 0 Å². The molecule has 0 saturated carbocycles. The lowest BCUT2D eigenvalue weighted by atomic mass is 9.68. The molecule has 0 aliphatic carbocycles. The maximum Gasteiger partial charge on any atom is 0.121 e. The summed E-state index contributed by atoms with van der Waals surface area (Å²) in [5.41, 5.74) is 2.78. The van der Waals surface area contributed by atoms with Crippen LogP contribution in [0.4, 0.5) is 0 Å². The van der Waals surface area contributed by atoms with Crippen LogP contribution in [0, 0.1) is 5.41 Å². The van der Waals surface area contributed by atoms with Crippen molar-refractivity contribution in [2.24, 2.45) is 5.41 Å². The summed E-state index contributed by atoms with van der Waals surface area (Å²) in [6, 6.07) is 28.8. The summed E-state index contributed by atoms with van der Waals surface area (Å²) in [5.74, 6) is 0. The molecular formula is C26H27NO. The fraction of sp³-hybridized carbons (Fsp3) is 0.231. The minimum atomic E-state index is -1.10. The molecule has 1 atom stereocenters. The largest absolute Gasteiger partial charge is 0.380 e. The van der Waals surface area contributed by atoms with Crippen molar-refractivity contribution in [3.63, 3.8) is 0 Å². The van der Waals surface area contributed by atoms with Crippen molar-refractivity contribution in [1.29, 1.82) is 0 Å². The molecule has 0 aliphatic heterocycles. The SMILES string of the molecule is CC(C)(C)C(O)(c1ccccc1)c1cn(Cc2ccccc2)c2ccccc12. The van der Waals surface area contributed by atoms with Gasteiger partial charge in [0, 0.05) is 29.2 Å². The van der Waals surface area contributed by atoms with Crippen LogP contribution in [0.5, 0.6) is 0 Å². The first kappa shape index (κ1) is 18.5. The Morgan fingerprint density at radius 3 is 1.96 bits per heavy atom. The number of para-hydroxylation sites is 1. The van der Waals surface area contributed by atoms with E-state index in [4.69, 9.17) is 0 Å². The van der Waals surface area contributed by atoms with Gasteiger partial charge in [0.05, 0.1) is 0 Å². The molecule has 1 unspecified atom stereocenters. The van der Waals surface area contributed by atoms with Gasteiger partial charge in [-0.3, -0.25) is 0 Å². The topological polar surface area (TPSA) is 25.2 Å². The molecule has 0 saturated heterocycles. The van der Waals surface area contributed by atoms with Crippen molar-refractivity contribution in [3.05, 3.63) is 108 Å². The zero-order chi connectivity index (χ0) is 19.8. The molecule has 0 bridgehead atoms. The van der Waals surface area contributed by atoms with E-state index in [9.17, 15) is 5.11 Å². The predicted molar refractivity (Wildman–Crippen MR) is 116 cm³/mol. The third kappa shape index (κ3) is 3.04. The van der Waals surface area contributed by atoms with Gasteiger partial charge in [0.2, 0.25) is 0 Å². The van der Waals surface area contributed by atoms with Crippen LogP contribution in [-0.4, -0.2) is 9.67 Å². The van der Waals surface area contributed by atoms with Crippen LogP contribution in [0.25, 0.3) is 10.9 Å². The number of hydrogen-bond donors (Lipinski definition) is 1. The molecule has 1 N–H and O–H groups in total. The molecule has 2 nitrogen and oxygen atoms in total. The zero-order valence-electron chi connectivity index (χ0n) is 16.8. The molecule has 4 aromatic rings. The van der Waals surface area contributed by atoms with Crippen LogP contribution >= 0.6 is 0 Å². The molecule has 0 spiro atoms. The van der Waals surface area contributed by atoms with Gasteiger partial charge in [-0.25, -0.2) is 0 Å². The summed E-state index contributed by atoms with van der Waals surface area (Å²) in [5, 5.41) is 13.3. The number of rotatable bonds is 4. The van der Waals surface area contributed by atoms with Gasteiger partial charge in [-0.05, 0) is 22.6 Å². The summed E-state index contributed by atoms with van der Waals surface area (Å²) in [4.78, 5) is 0. The van der Waals surface area contributed by atoms with Crippen LogP contribution in [0.3, 0.4) is 0 Å². The lowest BCUT2D eigenvalue weighted by Crippen LogP contribution is -2.41. The van der Waals surface area contributed by atoms with E-state index in [1.807, 2.05) is 42.5 Å². The van der Waals surface area contributed by atoms with Gasteiger partial charge in [-0.2, -0.15) is 0 Å². The molecule has 0 fully saturated rings. The Bertz CT molecular complexity index is 1070. The molecule has 0 aliphatic rings. The van der Waals surface area contributed by atoms with Crippen molar-refractivity contribution in [3.8, 4) is 0 Å². The van der Waals surface area contributed by atoms with E-state index in [2.05, 4.69) is 74.0 Å². The third-order valence-electron chi connectivity index (χ3n) is 5.65. The van der Waals surface area contributed by atoms with Crippen molar-refractivity contribution < 1.29 is 5.11 Å². The predicted octanol–water partition coefficient (Wildman–Crippen LogP) is 5.97. The van der Waals surface area contributed by atoms with Crippen molar-refractivity contribution in [2.75, 3.05) is 0 Å². The highest BCUT2D eigenvalue weighted by atomic mass is 16.3. The number of nitrogens with zero attached hydrogens (tertiary/aromatic N) is 1. The van der Waals surface area contributed by atoms with Gasteiger partial charge in [0.25, 0.3) is 0 Å². The Kier molecular flexibility index (Phi) is 4.60. The van der Waals surface area contributed by atoms with Crippen molar-refractivity contribution >= 4 is 10.9 Å². The van der Waals surface area contributed by atoms with E-state index in [0.717, 1.165) is 28.6 Å². The smallest absolute Gasteiger partial charge is 0.121 e. The van der Waals surface area contributed by atoms with Crippen molar-refractivity contribution in [2.45, 2.75) is 32.9 Å². The third-order valence-corrected chi connectivity index (χ3v) is 5.65. The second-order valence-corrected chi connectivity index (χ2v) is 8.50. The Morgan fingerprint density at radius 1 is 0.750 bits per heavy atom. The normalized spacial score (nSPS) is 14.1. The second kappa shape index (κ2) is 6.96. The second-order valence-electron chi connectivity index (χ2n) is 8.50. The molecule has 3 aromatic carbocycles. The van der Waals surface area contributed by atoms with Crippen LogP contribution in [-0.2, 0) is 12.1 Å². The molecule has 2 heteroatoms. The highest BCUT2D eigenvalue weighted by Gasteiger charge is 2.45. The summed E-state index contributed by atoms with van der Waals surface area (Å²) >= 11 is 0. The maximum absolute atomic E-state index is 12.2. The van der Waals surface area contributed by atoms with E-state index in [1.54, 1.807) is 0 Å². The van der Waals surface area contributed by atoms with E-state index >= 15 is 0 Å². The lowest BCUT2D eigenvalue weighted by Gasteiger charge is -2.41. The molecular weight excluding hydrogens is 342 g/mol. The van der Waals surface area contributed by atoms with Gasteiger partial charge in [-0.1, -0.05) is 99.6 Å². The molecule has 0 radical (unpaired) electrons. The summed E-state index contributed by atoms with van der Waals surface area (Å²) in [6.07, 6.45) is 2.13. The van der Waals surface area contributed by atoms with E-state index in [-0.39, 0.29) is 5.41 Å². The van der Waals surface area contributed by atoms with E-state index in [1.165, 1.54) is 5.56 Å².